The molecule has 0 atom stereocenters. The predicted octanol–water partition coefficient (Wildman–Crippen LogP) is 1.77. The van der Waals surface area contributed by atoms with E-state index in [1.807, 2.05) is 0 Å². The van der Waals surface area contributed by atoms with E-state index in [0.717, 1.165) is 12.1 Å². The van der Waals surface area contributed by atoms with Gasteiger partial charge in [0.1, 0.15) is 11.6 Å². The maximum Gasteiger partial charge on any atom is 0.269 e. The Balaban J connectivity index is 1.65. The maximum atomic E-state index is 13.0. The Labute approximate surface area is 129 Å². The number of carbonyl (C=O) groups is 2. The molecule has 6 nitrogen and oxygen atoms in total. The van der Waals surface area contributed by atoms with Crippen LogP contribution in [-0.2, 0) is 0 Å². The van der Waals surface area contributed by atoms with Gasteiger partial charge in [-0.05, 0) is 30.3 Å². The molecule has 0 saturated heterocycles. The van der Waals surface area contributed by atoms with E-state index in [2.05, 4.69) is 10.9 Å². The van der Waals surface area contributed by atoms with Gasteiger partial charge >= 0.3 is 0 Å². The molecule has 0 spiro atoms. The Morgan fingerprint density at radius 2 is 1.43 bits per heavy atom. The van der Waals surface area contributed by atoms with E-state index in [0.29, 0.717) is 17.6 Å². The summed E-state index contributed by atoms with van der Waals surface area (Å²) in [5.74, 6) is -2.32. The summed E-state index contributed by atoms with van der Waals surface area (Å²) in [6.45, 7) is 0.0717. The third-order valence-corrected chi connectivity index (χ3v) is 3.05. The number of ether oxygens (including phenoxy) is 2. The van der Waals surface area contributed by atoms with Gasteiger partial charge in [0.05, 0.1) is 0 Å². The average molecular weight is 320 g/mol. The summed E-state index contributed by atoms with van der Waals surface area (Å²) in [6, 6.07) is 6.84. The summed E-state index contributed by atoms with van der Waals surface area (Å²) in [4.78, 5) is 23.7. The van der Waals surface area contributed by atoms with E-state index >= 15 is 0 Å². The van der Waals surface area contributed by atoms with Crippen molar-refractivity contribution in [1.82, 2.24) is 10.9 Å². The van der Waals surface area contributed by atoms with Crippen LogP contribution in [0.3, 0.4) is 0 Å². The van der Waals surface area contributed by atoms with Gasteiger partial charge in [0.25, 0.3) is 11.8 Å². The fourth-order valence-corrected chi connectivity index (χ4v) is 1.98. The fraction of sp³-hybridized carbons (Fsp3) is 0.0667. The first kappa shape index (κ1) is 14.8. The van der Waals surface area contributed by atoms with Crippen molar-refractivity contribution in [2.24, 2.45) is 0 Å². The Kier molecular flexibility index (Phi) is 3.80. The predicted molar refractivity (Wildman–Crippen MR) is 73.9 cm³/mol. The number of halogens is 2. The number of carbonyl (C=O) groups excluding carboxylic acids is 2. The molecule has 118 valence electrons. The Bertz CT molecular complexity index is 775. The van der Waals surface area contributed by atoms with Gasteiger partial charge in [-0.3, -0.25) is 20.4 Å². The molecular weight excluding hydrogens is 310 g/mol. The lowest BCUT2D eigenvalue weighted by Crippen LogP contribution is -2.41. The third-order valence-electron chi connectivity index (χ3n) is 3.05. The van der Waals surface area contributed by atoms with E-state index in [1.54, 1.807) is 6.07 Å². The highest BCUT2D eigenvalue weighted by molar-refractivity contribution is 5.99. The smallest absolute Gasteiger partial charge is 0.269 e. The monoisotopic (exact) mass is 320 g/mol. The summed E-state index contributed by atoms with van der Waals surface area (Å²) in [6.07, 6.45) is 0. The van der Waals surface area contributed by atoms with Crippen LogP contribution in [0.15, 0.2) is 36.4 Å². The normalized spacial score (nSPS) is 11.9. The van der Waals surface area contributed by atoms with Crippen LogP contribution in [0.5, 0.6) is 11.5 Å². The van der Waals surface area contributed by atoms with Gasteiger partial charge in [0, 0.05) is 17.2 Å². The van der Waals surface area contributed by atoms with Crippen LogP contribution in [0.4, 0.5) is 8.78 Å². The SMILES string of the molecule is O=C(NNC(=O)c1ccc2c(c1)OCO2)c1cc(F)cc(F)c1. The zero-order valence-corrected chi connectivity index (χ0v) is 11.6. The van der Waals surface area contributed by atoms with Crippen molar-refractivity contribution in [2.45, 2.75) is 0 Å². The molecule has 1 aliphatic heterocycles. The molecule has 1 heterocycles. The van der Waals surface area contributed by atoms with Crippen molar-refractivity contribution in [3.63, 3.8) is 0 Å². The average Bonchev–Trinajstić information content (AvgIpc) is 2.98. The van der Waals surface area contributed by atoms with E-state index in [1.165, 1.54) is 12.1 Å². The minimum absolute atomic E-state index is 0.0717. The molecule has 0 bridgehead atoms. The molecular formula is C15H10F2N2O4. The number of hydrogen-bond donors (Lipinski definition) is 2. The van der Waals surface area contributed by atoms with E-state index < -0.39 is 23.4 Å². The van der Waals surface area contributed by atoms with E-state index in [-0.39, 0.29) is 17.9 Å². The van der Waals surface area contributed by atoms with Gasteiger partial charge < -0.3 is 9.47 Å². The Morgan fingerprint density at radius 1 is 0.826 bits per heavy atom. The van der Waals surface area contributed by atoms with Crippen LogP contribution in [-0.4, -0.2) is 18.6 Å². The lowest BCUT2D eigenvalue weighted by atomic mass is 10.2. The molecule has 0 saturated carbocycles. The third kappa shape index (κ3) is 3.20. The summed E-state index contributed by atoms with van der Waals surface area (Å²) < 4.78 is 36.3. The lowest BCUT2D eigenvalue weighted by molar-refractivity contribution is 0.0846. The van der Waals surface area contributed by atoms with Gasteiger partial charge in [0.2, 0.25) is 6.79 Å². The summed E-state index contributed by atoms with van der Waals surface area (Å²) in [5, 5.41) is 0. The molecule has 0 aromatic heterocycles. The maximum absolute atomic E-state index is 13.0. The number of rotatable bonds is 2. The highest BCUT2D eigenvalue weighted by atomic mass is 19.1. The van der Waals surface area contributed by atoms with Crippen molar-refractivity contribution in [2.75, 3.05) is 6.79 Å². The highest BCUT2D eigenvalue weighted by Gasteiger charge is 2.17. The van der Waals surface area contributed by atoms with Crippen LogP contribution < -0.4 is 20.3 Å². The van der Waals surface area contributed by atoms with E-state index in [4.69, 9.17) is 9.47 Å². The molecule has 2 aromatic carbocycles. The topological polar surface area (TPSA) is 76.7 Å². The number of benzene rings is 2. The summed E-state index contributed by atoms with van der Waals surface area (Å²) in [7, 11) is 0. The standard InChI is InChI=1S/C15H10F2N2O4/c16-10-3-9(4-11(17)6-10)15(21)19-18-14(20)8-1-2-12-13(5-8)23-7-22-12/h1-6H,7H2,(H,18,20)(H,19,21). The van der Waals surface area contributed by atoms with Crippen LogP contribution in [0.25, 0.3) is 0 Å². The van der Waals surface area contributed by atoms with Gasteiger partial charge in [-0.25, -0.2) is 8.78 Å². The second-order valence-corrected chi connectivity index (χ2v) is 4.63. The molecule has 0 unspecified atom stereocenters. The molecule has 0 fully saturated rings. The Morgan fingerprint density at radius 3 is 2.13 bits per heavy atom. The first-order valence-corrected chi connectivity index (χ1v) is 6.49. The van der Waals surface area contributed by atoms with Crippen molar-refractivity contribution < 1.29 is 27.8 Å². The van der Waals surface area contributed by atoms with E-state index in [9.17, 15) is 18.4 Å². The largest absolute Gasteiger partial charge is 0.454 e. The molecule has 2 N–H and O–H groups in total. The number of fused-ring (bicyclic) bond motifs is 1. The van der Waals surface area contributed by atoms with Crippen LogP contribution in [0, 0.1) is 11.6 Å². The van der Waals surface area contributed by atoms with Crippen molar-refractivity contribution in [3.05, 3.63) is 59.2 Å². The van der Waals surface area contributed by atoms with Gasteiger partial charge in [-0.15, -0.1) is 0 Å². The molecule has 8 heteroatoms. The molecule has 0 aliphatic carbocycles. The number of nitrogens with one attached hydrogen (secondary N) is 2. The molecule has 2 amide bonds. The first-order chi connectivity index (χ1) is 11.0. The quantitative estimate of drug-likeness (QED) is 0.827. The van der Waals surface area contributed by atoms with Crippen LogP contribution >= 0.6 is 0 Å². The van der Waals surface area contributed by atoms with Gasteiger partial charge in [0.15, 0.2) is 11.5 Å². The molecule has 23 heavy (non-hydrogen) atoms. The molecule has 1 aliphatic rings. The zero-order valence-electron chi connectivity index (χ0n) is 11.6. The molecule has 0 radical (unpaired) electrons. The summed E-state index contributed by atoms with van der Waals surface area (Å²) in [5.41, 5.74) is 4.19. The van der Waals surface area contributed by atoms with Crippen molar-refractivity contribution in [1.29, 1.82) is 0 Å². The fourth-order valence-electron chi connectivity index (χ4n) is 1.98. The molecule has 2 aromatic rings. The van der Waals surface area contributed by atoms with Crippen molar-refractivity contribution >= 4 is 11.8 Å². The van der Waals surface area contributed by atoms with Crippen LogP contribution in [0.1, 0.15) is 20.7 Å². The second kappa shape index (κ2) is 5.91. The highest BCUT2D eigenvalue weighted by Crippen LogP contribution is 2.32. The number of hydrogen-bond acceptors (Lipinski definition) is 4. The number of hydrazine groups is 1. The van der Waals surface area contributed by atoms with Gasteiger partial charge in [-0.2, -0.15) is 0 Å². The van der Waals surface area contributed by atoms with Crippen molar-refractivity contribution in [3.8, 4) is 11.5 Å². The first-order valence-electron chi connectivity index (χ1n) is 6.49. The summed E-state index contributed by atoms with van der Waals surface area (Å²) >= 11 is 0. The second-order valence-electron chi connectivity index (χ2n) is 4.63. The lowest BCUT2D eigenvalue weighted by Gasteiger charge is -2.08. The minimum atomic E-state index is -0.891. The minimum Gasteiger partial charge on any atom is -0.454 e. The van der Waals surface area contributed by atoms with Gasteiger partial charge in [-0.1, -0.05) is 0 Å². The number of amides is 2. The molecule has 3 rings (SSSR count). The van der Waals surface area contributed by atoms with Crippen LogP contribution in [0.2, 0.25) is 0 Å². The Hall–Kier alpha value is -3.16. The zero-order chi connectivity index (χ0) is 16.4.